The first kappa shape index (κ1) is 8.93. The zero-order chi connectivity index (χ0) is 10.1. The van der Waals surface area contributed by atoms with E-state index in [2.05, 4.69) is 9.97 Å². The van der Waals surface area contributed by atoms with Crippen molar-refractivity contribution < 1.29 is 9.59 Å². The highest BCUT2D eigenvalue weighted by Gasteiger charge is 2.35. The predicted octanol–water partition coefficient (Wildman–Crippen LogP) is 0.305. The number of imide groups is 1. The molecule has 1 aliphatic heterocycles. The van der Waals surface area contributed by atoms with E-state index in [0.717, 1.165) is 5.69 Å². The topological polar surface area (TPSA) is 66.1 Å². The predicted molar refractivity (Wildman–Crippen MR) is 47.9 cm³/mol. The van der Waals surface area contributed by atoms with Crippen LogP contribution in [-0.4, -0.2) is 26.7 Å². The second kappa shape index (κ2) is 3.25. The number of nitrogens with one attached hydrogen (secondary N) is 1. The number of carbonyl (C=O) groups is 2. The van der Waals surface area contributed by atoms with Gasteiger partial charge in [0.25, 0.3) is 0 Å². The number of nitrogens with zero attached hydrogens (tertiary/aromatic N) is 2. The van der Waals surface area contributed by atoms with Crippen LogP contribution in [0.3, 0.4) is 0 Å². The SMILES string of the molecule is CC1CC(=O)N(Cc2cnc[nH]2)C1=O. The number of aromatic amines is 1. The molecule has 2 heterocycles. The Kier molecular flexibility index (Phi) is 2.07. The second-order valence-electron chi connectivity index (χ2n) is 3.50. The van der Waals surface area contributed by atoms with Gasteiger partial charge in [-0.1, -0.05) is 6.92 Å². The van der Waals surface area contributed by atoms with Gasteiger partial charge in [0, 0.05) is 18.5 Å². The van der Waals surface area contributed by atoms with Crippen LogP contribution >= 0.6 is 0 Å². The van der Waals surface area contributed by atoms with Gasteiger partial charge < -0.3 is 4.98 Å². The molecule has 1 saturated heterocycles. The quantitative estimate of drug-likeness (QED) is 0.687. The molecule has 1 atom stereocenters. The number of rotatable bonds is 2. The number of hydrogen-bond donors (Lipinski definition) is 1. The van der Waals surface area contributed by atoms with E-state index in [1.807, 2.05) is 0 Å². The first-order chi connectivity index (χ1) is 6.68. The number of likely N-dealkylation sites (tertiary alicyclic amines) is 1. The van der Waals surface area contributed by atoms with Crippen molar-refractivity contribution in [2.24, 2.45) is 5.92 Å². The van der Waals surface area contributed by atoms with Gasteiger partial charge in [-0.3, -0.25) is 14.5 Å². The lowest BCUT2D eigenvalue weighted by atomic mass is 10.1. The fourth-order valence-corrected chi connectivity index (χ4v) is 1.56. The van der Waals surface area contributed by atoms with Crippen LogP contribution in [0.4, 0.5) is 0 Å². The van der Waals surface area contributed by atoms with Gasteiger partial charge in [0.1, 0.15) is 0 Å². The number of hydrogen-bond acceptors (Lipinski definition) is 3. The summed E-state index contributed by atoms with van der Waals surface area (Å²) in [6, 6.07) is 0. The van der Waals surface area contributed by atoms with E-state index >= 15 is 0 Å². The summed E-state index contributed by atoms with van der Waals surface area (Å²) in [5, 5.41) is 0. The van der Waals surface area contributed by atoms with Gasteiger partial charge >= 0.3 is 0 Å². The van der Waals surface area contributed by atoms with Gasteiger partial charge in [0.05, 0.1) is 18.6 Å². The minimum atomic E-state index is -0.176. The van der Waals surface area contributed by atoms with Gasteiger partial charge in [0.2, 0.25) is 11.8 Å². The Bertz CT molecular complexity index is 358. The highest BCUT2D eigenvalue weighted by Crippen LogP contribution is 2.20. The van der Waals surface area contributed by atoms with E-state index < -0.39 is 0 Å². The van der Waals surface area contributed by atoms with Crippen LogP contribution in [0.15, 0.2) is 12.5 Å². The molecular weight excluding hydrogens is 182 g/mol. The fourth-order valence-electron chi connectivity index (χ4n) is 1.56. The third-order valence-electron chi connectivity index (χ3n) is 2.35. The van der Waals surface area contributed by atoms with Gasteiger partial charge in [-0.2, -0.15) is 0 Å². The van der Waals surface area contributed by atoms with Crippen molar-refractivity contribution in [2.75, 3.05) is 0 Å². The average molecular weight is 193 g/mol. The highest BCUT2D eigenvalue weighted by atomic mass is 16.2. The molecule has 2 amide bonds. The Morgan fingerprint density at radius 3 is 2.93 bits per heavy atom. The third kappa shape index (κ3) is 1.41. The van der Waals surface area contributed by atoms with Gasteiger partial charge in [-0.15, -0.1) is 0 Å². The number of imidazole rings is 1. The zero-order valence-corrected chi connectivity index (χ0v) is 7.86. The molecule has 1 aromatic heterocycles. The maximum absolute atomic E-state index is 11.5. The van der Waals surface area contributed by atoms with E-state index in [9.17, 15) is 9.59 Å². The molecule has 1 unspecified atom stereocenters. The minimum absolute atomic E-state index is 0.0930. The van der Waals surface area contributed by atoms with Crippen LogP contribution < -0.4 is 0 Å². The van der Waals surface area contributed by atoms with Crippen LogP contribution in [0.2, 0.25) is 0 Å². The number of carbonyl (C=O) groups excluding carboxylic acids is 2. The lowest BCUT2D eigenvalue weighted by molar-refractivity contribution is -0.139. The fraction of sp³-hybridized carbons (Fsp3) is 0.444. The van der Waals surface area contributed by atoms with Crippen molar-refractivity contribution >= 4 is 11.8 Å². The molecule has 2 rings (SSSR count). The molecule has 0 aromatic carbocycles. The molecule has 0 spiro atoms. The van der Waals surface area contributed by atoms with Crippen molar-refractivity contribution in [2.45, 2.75) is 19.9 Å². The van der Waals surface area contributed by atoms with Crippen molar-refractivity contribution in [3.8, 4) is 0 Å². The monoisotopic (exact) mass is 193 g/mol. The smallest absolute Gasteiger partial charge is 0.232 e. The normalized spacial score (nSPS) is 22.1. The van der Waals surface area contributed by atoms with Crippen molar-refractivity contribution in [3.63, 3.8) is 0 Å². The zero-order valence-electron chi connectivity index (χ0n) is 7.86. The molecule has 5 heteroatoms. The van der Waals surface area contributed by atoms with E-state index in [4.69, 9.17) is 0 Å². The summed E-state index contributed by atoms with van der Waals surface area (Å²) in [5.74, 6) is -0.368. The minimum Gasteiger partial charge on any atom is -0.347 e. The summed E-state index contributed by atoms with van der Waals surface area (Å²) in [7, 11) is 0. The summed E-state index contributed by atoms with van der Waals surface area (Å²) >= 11 is 0. The van der Waals surface area contributed by atoms with E-state index in [0.29, 0.717) is 13.0 Å². The van der Waals surface area contributed by atoms with Gasteiger partial charge in [0.15, 0.2) is 0 Å². The molecule has 1 aliphatic rings. The first-order valence-corrected chi connectivity index (χ1v) is 4.50. The number of amides is 2. The van der Waals surface area contributed by atoms with Gasteiger partial charge in [-0.25, -0.2) is 4.98 Å². The van der Waals surface area contributed by atoms with Crippen LogP contribution in [0.5, 0.6) is 0 Å². The lowest BCUT2D eigenvalue weighted by Gasteiger charge is -2.12. The molecule has 74 valence electrons. The van der Waals surface area contributed by atoms with E-state index in [1.165, 1.54) is 11.2 Å². The van der Waals surface area contributed by atoms with E-state index in [-0.39, 0.29) is 17.7 Å². The molecule has 0 bridgehead atoms. The molecular formula is C9H11N3O2. The summed E-state index contributed by atoms with van der Waals surface area (Å²) in [4.78, 5) is 30.9. The molecule has 1 N–H and O–H groups in total. The average Bonchev–Trinajstić information content (AvgIpc) is 2.71. The third-order valence-corrected chi connectivity index (χ3v) is 2.35. The maximum atomic E-state index is 11.5. The highest BCUT2D eigenvalue weighted by molar-refractivity contribution is 6.03. The van der Waals surface area contributed by atoms with Crippen LogP contribution in [0, 0.1) is 5.92 Å². The Morgan fingerprint density at radius 1 is 1.64 bits per heavy atom. The standard InChI is InChI=1S/C9H11N3O2/c1-6-2-8(13)12(9(6)14)4-7-3-10-5-11-7/h3,5-6H,2,4H2,1H3,(H,10,11). The maximum Gasteiger partial charge on any atom is 0.232 e. The van der Waals surface area contributed by atoms with Crippen molar-refractivity contribution in [3.05, 3.63) is 18.2 Å². The van der Waals surface area contributed by atoms with Crippen LogP contribution in [-0.2, 0) is 16.1 Å². The van der Waals surface area contributed by atoms with Crippen molar-refractivity contribution in [1.82, 2.24) is 14.9 Å². The largest absolute Gasteiger partial charge is 0.347 e. The second-order valence-corrected chi connectivity index (χ2v) is 3.50. The molecule has 0 saturated carbocycles. The molecule has 14 heavy (non-hydrogen) atoms. The molecule has 1 aromatic rings. The molecule has 5 nitrogen and oxygen atoms in total. The van der Waals surface area contributed by atoms with Crippen LogP contribution in [0.25, 0.3) is 0 Å². The van der Waals surface area contributed by atoms with Crippen molar-refractivity contribution in [1.29, 1.82) is 0 Å². The molecule has 1 fully saturated rings. The first-order valence-electron chi connectivity index (χ1n) is 4.50. The Labute approximate surface area is 81.1 Å². The summed E-state index contributed by atoms with van der Waals surface area (Å²) in [5.41, 5.74) is 0.779. The summed E-state index contributed by atoms with van der Waals surface area (Å²) in [6.45, 7) is 2.08. The molecule has 0 aliphatic carbocycles. The Morgan fingerprint density at radius 2 is 2.43 bits per heavy atom. The van der Waals surface area contributed by atoms with E-state index in [1.54, 1.807) is 13.1 Å². The lowest BCUT2D eigenvalue weighted by Crippen LogP contribution is -2.29. The Hall–Kier alpha value is -1.65. The van der Waals surface area contributed by atoms with Crippen LogP contribution in [0.1, 0.15) is 19.0 Å². The Balaban J connectivity index is 2.12. The number of aromatic nitrogens is 2. The number of H-pyrrole nitrogens is 1. The molecule has 0 radical (unpaired) electrons. The summed E-state index contributed by atoms with van der Waals surface area (Å²) < 4.78 is 0. The van der Waals surface area contributed by atoms with Gasteiger partial charge in [-0.05, 0) is 0 Å². The summed E-state index contributed by atoms with van der Waals surface area (Å²) in [6.07, 6.45) is 3.47.